The normalized spacial score (nSPS) is 10.2. The van der Waals surface area contributed by atoms with Gasteiger partial charge in [0.25, 0.3) is 0 Å². The minimum absolute atomic E-state index is 0.104. The van der Waals surface area contributed by atoms with Crippen molar-refractivity contribution in [3.8, 4) is 17.4 Å². The summed E-state index contributed by atoms with van der Waals surface area (Å²) in [5, 5.41) is 0. The first-order valence-electron chi connectivity index (χ1n) is 7.56. The number of aromatic nitrogens is 1. The van der Waals surface area contributed by atoms with E-state index < -0.39 is 0 Å². The Kier molecular flexibility index (Phi) is 4.57. The van der Waals surface area contributed by atoms with Gasteiger partial charge < -0.3 is 9.47 Å². The lowest BCUT2D eigenvalue weighted by Crippen LogP contribution is -2.05. The number of ketones is 1. The van der Waals surface area contributed by atoms with Gasteiger partial charge in [-0.05, 0) is 48.9 Å². The van der Waals surface area contributed by atoms with E-state index in [1.54, 1.807) is 49.7 Å². The van der Waals surface area contributed by atoms with E-state index in [0.717, 1.165) is 5.56 Å². The molecule has 0 amide bonds. The van der Waals surface area contributed by atoms with Gasteiger partial charge in [-0.3, -0.25) is 4.79 Å². The van der Waals surface area contributed by atoms with Gasteiger partial charge in [-0.1, -0.05) is 18.2 Å². The molecule has 4 heteroatoms. The number of nitrogens with zero attached hydrogens (tertiary/aromatic N) is 1. The van der Waals surface area contributed by atoms with Gasteiger partial charge in [0.05, 0.1) is 12.7 Å². The summed E-state index contributed by atoms with van der Waals surface area (Å²) in [5.41, 5.74) is 1.96. The molecule has 3 aromatic rings. The van der Waals surface area contributed by atoms with E-state index in [4.69, 9.17) is 9.47 Å². The van der Waals surface area contributed by atoms with Crippen molar-refractivity contribution in [3.63, 3.8) is 0 Å². The van der Waals surface area contributed by atoms with Gasteiger partial charge in [0.2, 0.25) is 5.88 Å². The van der Waals surface area contributed by atoms with Crippen LogP contribution in [-0.4, -0.2) is 17.9 Å². The summed E-state index contributed by atoms with van der Waals surface area (Å²) >= 11 is 0. The highest BCUT2D eigenvalue weighted by Gasteiger charge is 2.17. The number of ether oxygens (including phenoxy) is 2. The van der Waals surface area contributed by atoms with Gasteiger partial charge >= 0.3 is 0 Å². The summed E-state index contributed by atoms with van der Waals surface area (Å²) in [6, 6.07) is 17.9. The predicted octanol–water partition coefficient (Wildman–Crippen LogP) is 4.42. The van der Waals surface area contributed by atoms with Gasteiger partial charge in [-0.2, -0.15) is 0 Å². The van der Waals surface area contributed by atoms with E-state index in [2.05, 4.69) is 4.98 Å². The summed E-state index contributed by atoms with van der Waals surface area (Å²) < 4.78 is 11.0. The Morgan fingerprint density at radius 2 is 1.75 bits per heavy atom. The van der Waals surface area contributed by atoms with Crippen LogP contribution < -0.4 is 9.47 Å². The number of methoxy groups -OCH3 is 1. The highest BCUT2D eigenvalue weighted by atomic mass is 16.5. The second-order valence-corrected chi connectivity index (χ2v) is 5.28. The Hall–Kier alpha value is -3.14. The third-order valence-electron chi connectivity index (χ3n) is 3.65. The van der Waals surface area contributed by atoms with E-state index in [9.17, 15) is 4.79 Å². The van der Waals surface area contributed by atoms with Crippen molar-refractivity contribution in [1.29, 1.82) is 0 Å². The van der Waals surface area contributed by atoms with E-state index >= 15 is 0 Å². The minimum atomic E-state index is -0.104. The van der Waals surface area contributed by atoms with Gasteiger partial charge in [-0.25, -0.2) is 4.98 Å². The van der Waals surface area contributed by atoms with Crippen molar-refractivity contribution < 1.29 is 14.3 Å². The van der Waals surface area contributed by atoms with Crippen molar-refractivity contribution >= 4 is 5.78 Å². The summed E-state index contributed by atoms with van der Waals surface area (Å²) in [6.07, 6.45) is 1.65. The first kappa shape index (κ1) is 15.7. The monoisotopic (exact) mass is 319 g/mol. The van der Waals surface area contributed by atoms with Crippen LogP contribution in [-0.2, 0) is 0 Å². The number of pyridine rings is 1. The molecule has 1 aromatic heterocycles. The van der Waals surface area contributed by atoms with Crippen molar-refractivity contribution in [2.24, 2.45) is 0 Å². The van der Waals surface area contributed by atoms with Crippen LogP contribution in [0.15, 0.2) is 66.9 Å². The van der Waals surface area contributed by atoms with Crippen LogP contribution in [0.3, 0.4) is 0 Å². The molecule has 0 aliphatic heterocycles. The van der Waals surface area contributed by atoms with E-state index in [0.29, 0.717) is 28.5 Å². The smallest absolute Gasteiger partial charge is 0.219 e. The highest BCUT2D eigenvalue weighted by molar-refractivity contribution is 6.11. The molecule has 0 atom stereocenters. The molecule has 0 saturated carbocycles. The standard InChI is InChI=1S/C20H17NO3/c1-14-6-5-7-17(20(14)24-18-8-3-4-13-21-18)19(22)15-9-11-16(23-2)12-10-15/h3-13H,1-2H3. The summed E-state index contributed by atoms with van der Waals surface area (Å²) in [5.74, 6) is 1.58. The molecule has 0 unspecified atom stereocenters. The molecule has 0 N–H and O–H groups in total. The quantitative estimate of drug-likeness (QED) is 0.653. The fourth-order valence-corrected chi connectivity index (χ4v) is 2.38. The zero-order valence-electron chi connectivity index (χ0n) is 13.5. The van der Waals surface area contributed by atoms with Gasteiger partial charge in [0, 0.05) is 17.8 Å². The van der Waals surface area contributed by atoms with Gasteiger partial charge in [0.15, 0.2) is 5.78 Å². The molecular weight excluding hydrogens is 302 g/mol. The SMILES string of the molecule is COc1ccc(C(=O)c2cccc(C)c2Oc2ccccn2)cc1. The number of hydrogen-bond acceptors (Lipinski definition) is 4. The Balaban J connectivity index is 1.97. The first-order chi connectivity index (χ1) is 11.7. The van der Waals surface area contributed by atoms with Crippen molar-refractivity contribution in [3.05, 3.63) is 83.6 Å². The Labute approximate surface area is 140 Å². The second-order valence-electron chi connectivity index (χ2n) is 5.28. The Morgan fingerprint density at radius 1 is 0.958 bits per heavy atom. The van der Waals surface area contributed by atoms with Crippen LogP contribution in [0.2, 0.25) is 0 Å². The number of carbonyl (C=O) groups is 1. The summed E-state index contributed by atoms with van der Waals surface area (Å²) in [4.78, 5) is 17.0. The molecule has 0 bridgehead atoms. The molecule has 0 aliphatic carbocycles. The molecule has 0 fully saturated rings. The van der Waals surface area contributed by atoms with Gasteiger partial charge in [0.1, 0.15) is 11.5 Å². The average molecular weight is 319 g/mol. The fourth-order valence-electron chi connectivity index (χ4n) is 2.38. The molecular formula is C20H17NO3. The molecule has 0 radical (unpaired) electrons. The molecule has 4 nitrogen and oxygen atoms in total. The first-order valence-corrected chi connectivity index (χ1v) is 7.56. The largest absolute Gasteiger partial charge is 0.497 e. The van der Waals surface area contributed by atoms with Crippen LogP contribution in [0.4, 0.5) is 0 Å². The maximum atomic E-state index is 12.9. The van der Waals surface area contributed by atoms with E-state index in [1.807, 2.05) is 31.2 Å². The minimum Gasteiger partial charge on any atom is -0.497 e. The highest BCUT2D eigenvalue weighted by Crippen LogP contribution is 2.30. The molecule has 2 aromatic carbocycles. The molecule has 120 valence electrons. The lowest BCUT2D eigenvalue weighted by atomic mass is 10.00. The number of aryl methyl sites for hydroxylation is 1. The lowest BCUT2D eigenvalue weighted by molar-refractivity contribution is 0.103. The van der Waals surface area contributed by atoms with E-state index in [-0.39, 0.29) is 5.78 Å². The van der Waals surface area contributed by atoms with Gasteiger partial charge in [-0.15, -0.1) is 0 Å². The zero-order valence-corrected chi connectivity index (χ0v) is 13.5. The number of hydrogen-bond donors (Lipinski definition) is 0. The zero-order chi connectivity index (χ0) is 16.9. The fraction of sp³-hybridized carbons (Fsp3) is 0.100. The van der Waals surface area contributed by atoms with Crippen LogP contribution >= 0.6 is 0 Å². The van der Waals surface area contributed by atoms with Crippen molar-refractivity contribution in [2.75, 3.05) is 7.11 Å². The van der Waals surface area contributed by atoms with E-state index in [1.165, 1.54) is 0 Å². The topological polar surface area (TPSA) is 48.4 Å². The molecule has 1 heterocycles. The third kappa shape index (κ3) is 3.27. The van der Waals surface area contributed by atoms with Crippen LogP contribution in [0.25, 0.3) is 0 Å². The Bertz CT molecular complexity index is 843. The number of benzene rings is 2. The maximum Gasteiger partial charge on any atom is 0.219 e. The molecule has 24 heavy (non-hydrogen) atoms. The molecule has 0 saturated heterocycles. The molecule has 0 aliphatic rings. The molecule has 0 spiro atoms. The second kappa shape index (κ2) is 6.96. The lowest BCUT2D eigenvalue weighted by Gasteiger charge is -2.12. The number of carbonyl (C=O) groups excluding carboxylic acids is 1. The maximum absolute atomic E-state index is 12.9. The van der Waals surface area contributed by atoms with Crippen LogP contribution in [0, 0.1) is 6.92 Å². The number of para-hydroxylation sites is 1. The summed E-state index contributed by atoms with van der Waals surface area (Å²) in [6.45, 7) is 1.91. The van der Waals surface area contributed by atoms with Crippen LogP contribution in [0.1, 0.15) is 21.5 Å². The third-order valence-corrected chi connectivity index (χ3v) is 3.65. The summed E-state index contributed by atoms with van der Waals surface area (Å²) in [7, 11) is 1.59. The van der Waals surface area contributed by atoms with Crippen LogP contribution in [0.5, 0.6) is 17.4 Å². The Morgan fingerprint density at radius 3 is 2.42 bits per heavy atom. The average Bonchev–Trinajstić information content (AvgIpc) is 2.64. The predicted molar refractivity (Wildman–Crippen MR) is 91.9 cm³/mol. The number of rotatable bonds is 5. The molecule has 3 rings (SSSR count). The van der Waals surface area contributed by atoms with Crippen molar-refractivity contribution in [1.82, 2.24) is 4.98 Å². The van der Waals surface area contributed by atoms with Crippen molar-refractivity contribution in [2.45, 2.75) is 6.92 Å².